The van der Waals surface area contributed by atoms with E-state index in [0.717, 1.165) is 0 Å². The maximum absolute atomic E-state index is 12.1. The zero-order chi connectivity index (χ0) is 16.2. The van der Waals surface area contributed by atoms with E-state index in [0.29, 0.717) is 12.4 Å². The van der Waals surface area contributed by atoms with Crippen LogP contribution in [0.2, 0.25) is 0 Å². The van der Waals surface area contributed by atoms with Gasteiger partial charge in [-0.15, -0.1) is 0 Å². The van der Waals surface area contributed by atoms with Crippen LogP contribution in [0, 0.1) is 11.3 Å². The third kappa shape index (κ3) is 6.75. The topological polar surface area (TPSA) is 79.6 Å². The normalized spacial score (nSPS) is 9.64. The van der Waals surface area contributed by atoms with E-state index in [9.17, 15) is 9.59 Å². The molecule has 0 fully saturated rings. The largest absolute Gasteiger partial charge is 0.484 e. The third-order valence-corrected chi connectivity index (χ3v) is 2.84. The van der Waals surface area contributed by atoms with E-state index in [2.05, 4.69) is 0 Å². The first kappa shape index (κ1) is 17.5. The van der Waals surface area contributed by atoms with E-state index in [1.165, 1.54) is 4.90 Å². The van der Waals surface area contributed by atoms with Crippen molar-refractivity contribution < 1.29 is 19.1 Å². The highest BCUT2D eigenvalue weighted by Crippen LogP contribution is 2.08. The minimum atomic E-state index is -0.360. The monoisotopic (exact) mass is 304 g/mol. The molecule has 0 radical (unpaired) electrons. The Bertz CT molecular complexity index is 511. The summed E-state index contributed by atoms with van der Waals surface area (Å²) in [4.78, 5) is 24.9. The van der Waals surface area contributed by atoms with Crippen LogP contribution in [-0.2, 0) is 14.3 Å². The predicted molar refractivity (Wildman–Crippen MR) is 80.0 cm³/mol. The van der Waals surface area contributed by atoms with Gasteiger partial charge < -0.3 is 14.4 Å². The Morgan fingerprint density at radius 1 is 1.23 bits per heavy atom. The van der Waals surface area contributed by atoms with Crippen LogP contribution in [-0.4, -0.2) is 43.1 Å². The number of hydrogen-bond donors (Lipinski definition) is 0. The predicted octanol–water partition coefficient (Wildman–Crippen LogP) is 1.76. The van der Waals surface area contributed by atoms with Crippen molar-refractivity contribution in [1.82, 2.24) is 4.90 Å². The third-order valence-electron chi connectivity index (χ3n) is 2.84. The molecule has 0 aliphatic rings. The summed E-state index contributed by atoms with van der Waals surface area (Å²) in [7, 11) is 0. The Morgan fingerprint density at radius 3 is 2.59 bits per heavy atom. The number of carbonyl (C=O) groups is 2. The number of amides is 1. The fraction of sp³-hybridized carbons (Fsp3) is 0.438. The Kier molecular flexibility index (Phi) is 8.13. The molecule has 0 bridgehead atoms. The summed E-state index contributed by atoms with van der Waals surface area (Å²) in [5, 5.41) is 8.66. The molecule has 6 nitrogen and oxygen atoms in total. The number of benzene rings is 1. The number of nitrogens with zero attached hydrogens (tertiary/aromatic N) is 2. The molecule has 0 atom stereocenters. The molecule has 1 aromatic carbocycles. The van der Waals surface area contributed by atoms with Gasteiger partial charge in [-0.2, -0.15) is 5.26 Å². The summed E-state index contributed by atoms with van der Waals surface area (Å²) >= 11 is 0. The van der Waals surface area contributed by atoms with Crippen molar-refractivity contribution in [3.63, 3.8) is 0 Å². The van der Waals surface area contributed by atoms with Gasteiger partial charge in [-0.1, -0.05) is 18.2 Å². The van der Waals surface area contributed by atoms with Crippen molar-refractivity contribution >= 4 is 11.9 Å². The van der Waals surface area contributed by atoms with Gasteiger partial charge >= 0.3 is 5.97 Å². The first-order valence-electron chi connectivity index (χ1n) is 7.15. The first-order valence-corrected chi connectivity index (χ1v) is 7.15. The smallest absolute Gasteiger partial charge is 0.307 e. The molecule has 0 saturated heterocycles. The average Bonchev–Trinajstić information content (AvgIpc) is 2.54. The fourth-order valence-corrected chi connectivity index (χ4v) is 1.76. The summed E-state index contributed by atoms with van der Waals surface area (Å²) in [6, 6.07) is 11.0. The molecule has 22 heavy (non-hydrogen) atoms. The lowest BCUT2D eigenvalue weighted by molar-refractivity contribution is -0.144. The van der Waals surface area contributed by atoms with E-state index in [4.69, 9.17) is 14.7 Å². The van der Waals surface area contributed by atoms with Gasteiger partial charge in [-0.25, -0.2) is 0 Å². The number of rotatable bonds is 9. The molecule has 1 aromatic rings. The van der Waals surface area contributed by atoms with Crippen molar-refractivity contribution in [2.75, 3.05) is 26.3 Å². The number of nitriles is 1. The van der Waals surface area contributed by atoms with Crippen LogP contribution in [0.4, 0.5) is 0 Å². The average molecular weight is 304 g/mol. The van der Waals surface area contributed by atoms with Crippen molar-refractivity contribution in [1.29, 1.82) is 5.26 Å². The zero-order valence-corrected chi connectivity index (χ0v) is 12.7. The van der Waals surface area contributed by atoms with Crippen molar-refractivity contribution in [2.45, 2.75) is 19.8 Å². The second-order valence-corrected chi connectivity index (χ2v) is 4.45. The lowest BCUT2D eigenvalue weighted by atomic mass is 10.3. The van der Waals surface area contributed by atoms with Crippen molar-refractivity contribution in [2.24, 2.45) is 0 Å². The molecular weight excluding hydrogens is 284 g/mol. The fourth-order valence-electron chi connectivity index (χ4n) is 1.76. The van der Waals surface area contributed by atoms with Crippen LogP contribution in [0.3, 0.4) is 0 Å². The van der Waals surface area contributed by atoms with Gasteiger partial charge in [0, 0.05) is 13.1 Å². The molecule has 0 aromatic heterocycles. The Balaban J connectivity index is 2.48. The molecule has 0 unspecified atom stereocenters. The van der Waals surface area contributed by atoms with E-state index in [1.54, 1.807) is 19.1 Å². The molecular formula is C16H20N2O4. The van der Waals surface area contributed by atoms with Crippen LogP contribution in [0.15, 0.2) is 30.3 Å². The van der Waals surface area contributed by atoms with Crippen LogP contribution >= 0.6 is 0 Å². The number of carbonyl (C=O) groups excluding carboxylic acids is 2. The van der Waals surface area contributed by atoms with Crippen LogP contribution in [0.1, 0.15) is 19.8 Å². The Morgan fingerprint density at radius 2 is 1.95 bits per heavy atom. The molecule has 6 heteroatoms. The van der Waals surface area contributed by atoms with Gasteiger partial charge in [0.2, 0.25) is 0 Å². The highest BCUT2D eigenvalue weighted by atomic mass is 16.5. The minimum Gasteiger partial charge on any atom is -0.484 e. The van der Waals surface area contributed by atoms with Crippen molar-refractivity contribution in [3.05, 3.63) is 30.3 Å². The summed E-state index contributed by atoms with van der Waals surface area (Å²) in [6.45, 7) is 2.40. The van der Waals surface area contributed by atoms with Gasteiger partial charge in [0.1, 0.15) is 5.75 Å². The van der Waals surface area contributed by atoms with Gasteiger partial charge in [-0.05, 0) is 19.1 Å². The SMILES string of the molecule is CCOC(=O)CCN(CCC#N)C(=O)COc1ccccc1. The molecule has 0 aliphatic heterocycles. The highest BCUT2D eigenvalue weighted by molar-refractivity contribution is 5.78. The van der Waals surface area contributed by atoms with Gasteiger partial charge in [-0.3, -0.25) is 9.59 Å². The molecule has 0 saturated carbocycles. The van der Waals surface area contributed by atoms with Crippen LogP contribution in [0.25, 0.3) is 0 Å². The molecule has 0 aliphatic carbocycles. The second kappa shape index (κ2) is 10.2. The Labute approximate surface area is 130 Å². The van der Waals surface area contributed by atoms with Gasteiger partial charge in [0.05, 0.1) is 25.5 Å². The lowest BCUT2D eigenvalue weighted by Crippen LogP contribution is -2.37. The number of esters is 1. The van der Waals surface area contributed by atoms with Crippen LogP contribution in [0.5, 0.6) is 5.75 Å². The van der Waals surface area contributed by atoms with E-state index in [-0.39, 0.29) is 44.4 Å². The summed E-state index contributed by atoms with van der Waals surface area (Å²) in [5.41, 5.74) is 0. The first-order chi connectivity index (χ1) is 10.7. The van der Waals surface area contributed by atoms with Gasteiger partial charge in [0.15, 0.2) is 6.61 Å². The lowest BCUT2D eigenvalue weighted by Gasteiger charge is -2.21. The minimum absolute atomic E-state index is 0.107. The van der Waals surface area contributed by atoms with Gasteiger partial charge in [0.25, 0.3) is 5.91 Å². The molecule has 0 N–H and O–H groups in total. The zero-order valence-electron chi connectivity index (χ0n) is 12.7. The number of para-hydroxylation sites is 1. The quantitative estimate of drug-likeness (QED) is 0.649. The summed E-state index contributed by atoms with van der Waals surface area (Å²) in [6.07, 6.45) is 0.316. The summed E-state index contributed by atoms with van der Waals surface area (Å²) < 4.78 is 10.2. The maximum Gasteiger partial charge on any atom is 0.307 e. The van der Waals surface area contributed by atoms with E-state index in [1.807, 2.05) is 24.3 Å². The van der Waals surface area contributed by atoms with E-state index >= 15 is 0 Å². The number of ether oxygens (including phenoxy) is 2. The molecule has 118 valence electrons. The Hall–Kier alpha value is -2.55. The summed E-state index contributed by atoms with van der Waals surface area (Å²) in [5.74, 6) is -0.0221. The van der Waals surface area contributed by atoms with E-state index < -0.39 is 0 Å². The second-order valence-electron chi connectivity index (χ2n) is 4.45. The maximum atomic E-state index is 12.1. The molecule has 1 rings (SSSR count). The number of hydrogen-bond acceptors (Lipinski definition) is 5. The molecule has 0 spiro atoms. The molecule has 0 heterocycles. The molecule has 1 amide bonds. The standard InChI is InChI=1S/C16H20N2O4/c1-2-21-16(20)9-12-18(11-6-10-17)15(19)13-22-14-7-4-3-5-8-14/h3-5,7-8H,2,6,9,11-13H2,1H3. The van der Waals surface area contributed by atoms with Crippen molar-refractivity contribution in [3.8, 4) is 11.8 Å². The van der Waals surface area contributed by atoms with Crippen LogP contribution < -0.4 is 4.74 Å². The highest BCUT2D eigenvalue weighted by Gasteiger charge is 2.16.